The zero-order valence-corrected chi connectivity index (χ0v) is 15.5. The number of para-hydroxylation sites is 1. The minimum absolute atomic E-state index is 0.163. The first kappa shape index (κ1) is 17.9. The molecule has 3 N–H and O–H groups in total. The molecule has 2 heterocycles. The summed E-state index contributed by atoms with van der Waals surface area (Å²) >= 11 is 0. The molecule has 136 valence electrons. The van der Waals surface area contributed by atoms with Crippen LogP contribution in [0.3, 0.4) is 0 Å². The number of carbonyl (C=O) groups excluding carboxylic acids is 1. The Morgan fingerprint density at radius 2 is 2.04 bits per heavy atom. The molecule has 6 nitrogen and oxygen atoms in total. The summed E-state index contributed by atoms with van der Waals surface area (Å²) in [5, 5.41) is 7.35. The van der Waals surface area contributed by atoms with Crippen molar-refractivity contribution in [1.29, 1.82) is 0 Å². The van der Waals surface area contributed by atoms with E-state index in [1.54, 1.807) is 6.07 Å². The van der Waals surface area contributed by atoms with Gasteiger partial charge in [0.2, 0.25) is 5.95 Å². The first-order valence-corrected chi connectivity index (χ1v) is 8.95. The van der Waals surface area contributed by atoms with Crippen molar-refractivity contribution in [1.82, 2.24) is 20.3 Å². The Morgan fingerprint density at radius 3 is 2.85 bits per heavy atom. The summed E-state index contributed by atoms with van der Waals surface area (Å²) in [6, 6.07) is 9.95. The van der Waals surface area contributed by atoms with Crippen molar-refractivity contribution in [3.05, 3.63) is 53.5 Å². The van der Waals surface area contributed by atoms with Gasteiger partial charge >= 0.3 is 0 Å². The highest BCUT2D eigenvalue weighted by atomic mass is 16.1. The second kappa shape index (κ2) is 7.99. The highest BCUT2D eigenvalue weighted by molar-refractivity contribution is 5.92. The highest BCUT2D eigenvalue weighted by Crippen LogP contribution is 2.18. The smallest absolute Gasteiger partial charge is 0.270 e. The summed E-state index contributed by atoms with van der Waals surface area (Å²) in [5.74, 6) is 0.721. The SMILES string of the molecule is Cc1cc(C(=O)NCC(C)C)nc(NCCc2c[nH]c3ccccc23)n1. The van der Waals surface area contributed by atoms with Crippen molar-refractivity contribution in [2.75, 3.05) is 18.4 Å². The summed E-state index contributed by atoms with van der Waals surface area (Å²) in [7, 11) is 0. The van der Waals surface area contributed by atoms with Crippen LogP contribution < -0.4 is 10.6 Å². The number of aromatic nitrogens is 3. The number of aromatic amines is 1. The number of amides is 1. The molecule has 0 radical (unpaired) electrons. The van der Waals surface area contributed by atoms with Gasteiger partial charge < -0.3 is 15.6 Å². The first-order valence-electron chi connectivity index (χ1n) is 8.95. The van der Waals surface area contributed by atoms with E-state index >= 15 is 0 Å². The number of anilines is 1. The van der Waals surface area contributed by atoms with Crippen LogP contribution in [0.4, 0.5) is 5.95 Å². The molecule has 2 aromatic heterocycles. The monoisotopic (exact) mass is 351 g/mol. The number of fused-ring (bicyclic) bond motifs is 1. The number of rotatable bonds is 7. The maximum Gasteiger partial charge on any atom is 0.270 e. The quantitative estimate of drug-likeness (QED) is 0.610. The van der Waals surface area contributed by atoms with Gasteiger partial charge in [0, 0.05) is 35.9 Å². The van der Waals surface area contributed by atoms with E-state index in [4.69, 9.17) is 0 Å². The van der Waals surface area contributed by atoms with E-state index in [2.05, 4.69) is 51.6 Å². The van der Waals surface area contributed by atoms with E-state index in [9.17, 15) is 4.79 Å². The molecule has 0 aliphatic rings. The Kier molecular flexibility index (Phi) is 5.51. The second-order valence-corrected chi connectivity index (χ2v) is 6.86. The topological polar surface area (TPSA) is 82.7 Å². The summed E-state index contributed by atoms with van der Waals surface area (Å²) in [6.45, 7) is 7.31. The molecular formula is C20H25N5O. The van der Waals surface area contributed by atoms with E-state index < -0.39 is 0 Å². The molecular weight excluding hydrogens is 326 g/mol. The third kappa shape index (κ3) is 4.39. The van der Waals surface area contributed by atoms with Gasteiger partial charge in [0.15, 0.2) is 0 Å². The molecule has 0 aliphatic carbocycles. The maximum absolute atomic E-state index is 12.2. The molecule has 0 unspecified atom stereocenters. The van der Waals surface area contributed by atoms with Gasteiger partial charge in [-0.05, 0) is 37.0 Å². The molecule has 0 aliphatic heterocycles. The number of aryl methyl sites for hydroxylation is 1. The summed E-state index contributed by atoms with van der Waals surface area (Å²) < 4.78 is 0. The van der Waals surface area contributed by atoms with Gasteiger partial charge in [0.25, 0.3) is 5.91 Å². The minimum Gasteiger partial charge on any atom is -0.361 e. The number of hydrogen-bond acceptors (Lipinski definition) is 4. The van der Waals surface area contributed by atoms with Gasteiger partial charge in [-0.3, -0.25) is 4.79 Å². The number of H-pyrrole nitrogens is 1. The molecule has 26 heavy (non-hydrogen) atoms. The molecule has 0 bridgehead atoms. The first-order chi connectivity index (χ1) is 12.5. The Balaban J connectivity index is 1.63. The molecule has 0 spiro atoms. The van der Waals surface area contributed by atoms with E-state index in [0.717, 1.165) is 17.6 Å². The standard InChI is InChI=1S/C20H25N5O/c1-13(2)11-23-19(26)18-10-14(3)24-20(25-18)21-9-8-15-12-22-17-7-5-4-6-16(15)17/h4-7,10,12-13,22H,8-9,11H2,1-3H3,(H,23,26)(H,21,24,25). The lowest BCUT2D eigenvalue weighted by Gasteiger charge is -2.10. The number of carbonyl (C=O) groups is 1. The van der Waals surface area contributed by atoms with Gasteiger partial charge in [0.1, 0.15) is 5.69 Å². The molecule has 1 aromatic carbocycles. The van der Waals surface area contributed by atoms with Crippen molar-refractivity contribution in [2.45, 2.75) is 27.2 Å². The van der Waals surface area contributed by atoms with Crippen LogP contribution in [0.15, 0.2) is 36.5 Å². The second-order valence-electron chi connectivity index (χ2n) is 6.86. The Hall–Kier alpha value is -2.89. The average molecular weight is 351 g/mol. The van der Waals surface area contributed by atoms with E-state index in [-0.39, 0.29) is 5.91 Å². The third-order valence-electron chi connectivity index (χ3n) is 4.11. The predicted molar refractivity (Wildman–Crippen MR) is 104 cm³/mol. The van der Waals surface area contributed by atoms with E-state index in [1.165, 1.54) is 10.9 Å². The molecule has 1 amide bonds. The van der Waals surface area contributed by atoms with Gasteiger partial charge in [0.05, 0.1) is 0 Å². The fourth-order valence-corrected chi connectivity index (χ4v) is 2.80. The molecule has 6 heteroatoms. The van der Waals surface area contributed by atoms with Crippen molar-refractivity contribution in [3.8, 4) is 0 Å². The Labute approximate surface area is 153 Å². The van der Waals surface area contributed by atoms with Crippen LogP contribution in [0.2, 0.25) is 0 Å². The van der Waals surface area contributed by atoms with Crippen LogP contribution in [-0.2, 0) is 6.42 Å². The van der Waals surface area contributed by atoms with Crippen molar-refractivity contribution in [2.24, 2.45) is 5.92 Å². The van der Waals surface area contributed by atoms with Crippen LogP contribution >= 0.6 is 0 Å². The Bertz CT molecular complexity index is 900. The predicted octanol–water partition coefficient (Wildman–Crippen LogP) is 3.31. The molecule has 0 fully saturated rings. The van der Waals surface area contributed by atoms with Crippen LogP contribution in [-0.4, -0.2) is 33.9 Å². The summed E-state index contributed by atoms with van der Waals surface area (Å²) in [5.41, 5.74) is 3.55. The lowest BCUT2D eigenvalue weighted by molar-refractivity contribution is 0.0944. The third-order valence-corrected chi connectivity index (χ3v) is 4.11. The number of benzene rings is 1. The minimum atomic E-state index is -0.163. The normalized spacial score (nSPS) is 11.1. The Morgan fingerprint density at radius 1 is 1.23 bits per heavy atom. The van der Waals surface area contributed by atoms with E-state index in [1.807, 2.05) is 25.3 Å². The zero-order chi connectivity index (χ0) is 18.5. The molecule has 3 rings (SSSR count). The van der Waals surface area contributed by atoms with Gasteiger partial charge in [-0.2, -0.15) is 0 Å². The van der Waals surface area contributed by atoms with Crippen LogP contribution in [0.25, 0.3) is 10.9 Å². The number of hydrogen-bond donors (Lipinski definition) is 3. The maximum atomic E-state index is 12.2. The fraction of sp³-hybridized carbons (Fsp3) is 0.350. The summed E-state index contributed by atoms with van der Waals surface area (Å²) in [4.78, 5) is 24.2. The molecule has 0 saturated carbocycles. The molecule has 0 saturated heterocycles. The van der Waals surface area contributed by atoms with Crippen LogP contribution in [0.1, 0.15) is 35.6 Å². The van der Waals surface area contributed by atoms with Crippen LogP contribution in [0.5, 0.6) is 0 Å². The number of nitrogens with one attached hydrogen (secondary N) is 3. The fourth-order valence-electron chi connectivity index (χ4n) is 2.80. The summed E-state index contributed by atoms with van der Waals surface area (Å²) in [6.07, 6.45) is 2.88. The highest BCUT2D eigenvalue weighted by Gasteiger charge is 2.11. The van der Waals surface area contributed by atoms with Crippen molar-refractivity contribution >= 4 is 22.8 Å². The van der Waals surface area contributed by atoms with Gasteiger partial charge in [-0.25, -0.2) is 9.97 Å². The zero-order valence-electron chi connectivity index (χ0n) is 15.5. The van der Waals surface area contributed by atoms with E-state index in [0.29, 0.717) is 30.6 Å². The van der Waals surface area contributed by atoms with Crippen molar-refractivity contribution < 1.29 is 4.79 Å². The van der Waals surface area contributed by atoms with Gasteiger partial charge in [-0.1, -0.05) is 32.0 Å². The molecule has 0 atom stereocenters. The average Bonchev–Trinajstić information content (AvgIpc) is 3.02. The van der Waals surface area contributed by atoms with Gasteiger partial charge in [-0.15, -0.1) is 0 Å². The molecule has 3 aromatic rings. The van der Waals surface area contributed by atoms with Crippen LogP contribution in [0, 0.1) is 12.8 Å². The van der Waals surface area contributed by atoms with Crippen molar-refractivity contribution in [3.63, 3.8) is 0 Å². The largest absolute Gasteiger partial charge is 0.361 e. The lowest BCUT2D eigenvalue weighted by atomic mass is 10.1. The lowest BCUT2D eigenvalue weighted by Crippen LogP contribution is -2.28. The number of nitrogens with zero attached hydrogens (tertiary/aromatic N) is 2.